The summed E-state index contributed by atoms with van der Waals surface area (Å²) in [5.41, 5.74) is 4.20. The third-order valence-corrected chi connectivity index (χ3v) is 8.02. The number of nitro groups is 1. The Morgan fingerprint density at radius 3 is 2.51 bits per heavy atom. The molecule has 3 aromatic rings. The summed E-state index contributed by atoms with van der Waals surface area (Å²) in [5, 5.41) is 15.8. The van der Waals surface area contributed by atoms with E-state index in [1.54, 1.807) is 18.2 Å². The highest BCUT2D eigenvalue weighted by molar-refractivity contribution is 8.26. The Morgan fingerprint density at radius 1 is 1.11 bits per heavy atom. The van der Waals surface area contributed by atoms with Gasteiger partial charge in [0.1, 0.15) is 0 Å². The molecule has 0 bridgehead atoms. The number of anilines is 1. The van der Waals surface area contributed by atoms with Crippen LogP contribution < -0.4 is 10.7 Å². The molecule has 13 heteroatoms. The molecule has 4 rings (SSSR count). The first-order valence-corrected chi connectivity index (χ1v) is 13.2. The number of carbonyl (C=O) groups is 2. The number of halogens is 2. The lowest BCUT2D eigenvalue weighted by molar-refractivity contribution is -0.387. The molecular weight excluding hydrogens is 575 g/mol. The Hall–Kier alpha value is -3.09. The monoisotopic (exact) mass is 590 g/mol. The van der Waals surface area contributed by atoms with E-state index in [1.807, 2.05) is 31.2 Å². The Balaban J connectivity index is 1.49. The van der Waals surface area contributed by atoms with Gasteiger partial charge in [-0.3, -0.25) is 14.9 Å². The van der Waals surface area contributed by atoms with Gasteiger partial charge in [0.2, 0.25) is 0 Å². The molecule has 0 spiro atoms. The van der Waals surface area contributed by atoms with Gasteiger partial charge < -0.3 is 5.32 Å². The third-order valence-electron chi connectivity index (χ3n) is 4.91. The van der Waals surface area contributed by atoms with E-state index in [0.29, 0.717) is 21.2 Å². The number of nitrogens with one attached hydrogen (secondary N) is 2. The number of rotatable bonds is 6. The van der Waals surface area contributed by atoms with Crippen LogP contribution in [0.5, 0.6) is 0 Å². The molecule has 1 saturated heterocycles. The van der Waals surface area contributed by atoms with Crippen LogP contribution in [0.15, 0.2) is 75.4 Å². The molecule has 37 heavy (non-hydrogen) atoms. The van der Waals surface area contributed by atoms with Crippen LogP contribution in [-0.2, 0) is 4.79 Å². The van der Waals surface area contributed by atoms with E-state index < -0.39 is 16.9 Å². The number of benzene rings is 3. The topological polar surface area (TPSA) is 105 Å². The summed E-state index contributed by atoms with van der Waals surface area (Å²) >= 11 is 19.3. The summed E-state index contributed by atoms with van der Waals surface area (Å²) in [4.78, 5) is 38.1. The van der Waals surface area contributed by atoms with E-state index in [-0.39, 0.29) is 19.9 Å². The molecule has 2 N–H and O–H groups in total. The first kappa shape index (κ1) is 27.0. The van der Waals surface area contributed by atoms with Gasteiger partial charge >= 0.3 is 6.03 Å². The summed E-state index contributed by atoms with van der Waals surface area (Å²) < 4.78 is 0.0987. The lowest BCUT2D eigenvalue weighted by Crippen LogP contribution is -2.46. The van der Waals surface area contributed by atoms with Gasteiger partial charge in [0.05, 0.1) is 24.8 Å². The molecule has 0 atom stereocenters. The minimum atomic E-state index is -0.718. The molecule has 1 heterocycles. The number of thioether (sulfide) groups is 1. The van der Waals surface area contributed by atoms with E-state index >= 15 is 0 Å². The minimum Gasteiger partial charge on any atom is -0.307 e. The lowest BCUT2D eigenvalue weighted by atomic mass is 10.2. The summed E-state index contributed by atoms with van der Waals surface area (Å²) in [6.45, 7) is 1.96. The number of hydrogen-bond acceptors (Lipinski definition) is 7. The predicted octanol–water partition coefficient (Wildman–Crippen LogP) is 7.30. The number of hydrogen-bond donors (Lipinski definition) is 2. The van der Waals surface area contributed by atoms with Crippen molar-refractivity contribution in [3.05, 3.63) is 96.9 Å². The molecule has 188 valence electrons. The Bertz CT molecular complexity index is 1460. The van der Waals surface area contributed by atoms with Crippen molar-refractivity contribution in [2.75, 3.05) is 5.32 Å². The normalized spacial score (nSPS) is 14.2. The molecule has 3 aromatic carbocycles. The van der Waals surface area contributed by atoms with Gasteiger partial charge in [-0.15, -0.1) is 0 Å². The number of aryl methyl sites for hydroxylation is 1. The van der Waals surface area contributed by atoms with E-state index in [4.69, 9.17) is 35.4 Å². The maximum Gasteiger partial charge on any atom is 0.338 e. The fourth-order valence-electron chi connectivity index (χ4n) is 3.14. The zero-order chi connectivity index (χ0) is 26.7. The van der Waals surface area contributed by atoms with Gasteiger partial charge in [-0.25, -0.2) is 10.2 Å². The summed E-state index contributed by atoms with van der Waals surface area (Å²) in [6, 6.07) is 16.2. The molecule has 0 aliphatic carbocycles. The second-order valence-electron chi connectivity index (χ2n) is 7.61. The molecule has 0 radical (unpaired) electrons. The van der Waals surface area contributed by atoms with Crippen molar-refractivity contribution in [1.82, 2.24) is 10.4 Å². The van der Waals surface area contributed by atoms with Crippen molar-refractivity contribution in [1.29, 1.82) is 0 Å². The standard InChI is InChI=1S/C24H16Cl2N4O4S3/c1-13-2-6-16(7-3-13)36-20-9-4-14(10-19(20)30(33)34)11-21-22(31)29(24(35)37-21)28-23(32)27-15-5-8-17(25)18(26)12-15/h2-12H,1H3,(H2,27,28,32)/b21-11-. The van der Waals surface area contributed by atoms with Crippen molar-refractivity contribution in [2.45, 2.75) is 16.7 Å². The Kier molecular flexibility index (Phi) is 8.40. The summed E-state index contributed by atoms with van der Waals surface area (Å²) in [5.74, 6) is -0.569. The van der Waals surface area contributed by atoms with Gasteiger partial charge in [0, 0.05) is 16.6 Å². The van der Waals surface area contributed by atoms with Crippen LogP contribution >= 0.6 is 58.9 Å². The van der Waals surface area contributed by atoms with Gasteiger partial charge in [0.15, 0.2) is 4.32 Å². The van der Waals surface area contributed by atoms with Crippen LogP contribution in [-0.4, -0.2) is 26.2 Å². The van der Waals surface area contributed by atoms with Crippen LogP contribution in [0.3, 0.4) is 0 Å². The molecule has 8 nitrogen and oxygen atoms in total. The number of hydrazine groups is 1. The van der Waals surface area contributed by atoms with Crippen molar-refractivity contribution in [3.63, 3.8) is 0 Å². The molecule has 1 aliphatic heterocycles. The maximum absolute atomic E-state index is 12.9. The smallest absolute Gasteiger partial charge is 0.307 e. The van der Waals surface area contributed by atoms with Crippen molar-refractivity contribution < 1.29 is 14.5 Å². The van der Waals surface area contributed by atoms with Crippen LogP contribution in [0.4, 0.5) is 16.2 Å². The van der Waals surface area contributed by atoms with Gasteiger partial charge in [-0.2, -0.15) is 5.01 Å². The molecule has 1 aliphatic rings. The highest BCUT2D eigenvalue weighted by Gasteiger charge is 2.34. The van der Waals surface area contributed by atoms with E-state index in [2.05, 4.69) is 10.7 Å². The first-order valence-electron chi connectivity index (χ1n) is 10.4. The predicted molar refractivity (Wildman–Crippen MR) is 152 cm³/mol. The highest BCUT2D eigenvalue weighted by atomic mass is 35.5. The number of urea groups is 1. The van der Waals surface area contributed by atoms with Crippen LogP contribution in [0.25, 0.3) is 6.08 Å². The number of carbonyl (C=O) groups excluding carboxylic acids is 2. The number of nitro benzene ring substituents is 1. The Morgan fingerprint density at radius 2 is 1.84 bits per heavy atom. The van der Waals surface area contributed by atoms with E-state index in [0.717, 1.165) is 27.2 Å². The second kappa shape index (κ2) is 11.5. The average molecular weight is 592 g/mol. The number of thiocarbonyl (C=S) groups is 1. The van der Waals surface area contributed by atoms with Crippen LogP contribution in [0, 0.1) is 17.0 Å². The fourth-order valence-corrected chi connectivity index (χ4v) is 5.51. The molecular formula is C24H16Cl2N4O4S3. The van der Waals surface area contributed by atoms with Gasteiger partial charge in [0.25, 0.3) is 11.6 Å². The van der Waals surface area contributed by atoms with Crippen LogP contribution in [0.1, 0.15) is 11.1 Å². The van der Waals surface area contributed by atoms with Crippen molar-refractivity contribution in [3.8, 4) is 0 Å². The average Bonchev–Trinajstić information content (AvgIpc) is 3.10. The zero-order valence-electron chi connectivity index (χ0n) is 18.9. The third kappa shape index (κ3) is 6.62. The van der Waals surface area contributed by atoms with Gasteiger partial charge in [-0.1, -0.05) is 70.5 Å². The maximum atomic E-state index is 12.9. The Labute approximate surface area is 235 Å². The lowest BCUT2D eigenvalue weighted by Gasteiger charge is -2.16. The minimum absolute atomic E-state index is 0.0890. The van der Waals surface area contributed by atoms with Crippen LogP contribution in [0.2, 0.25) is 10.0 Å². The van der Waals surface area contributed by atoms with E-state index in [9.17, 15) is 19.7 Å². The molecule has 0 unspecified atom stereocenters. The number of nitrogens with zero attached hydrogens (tertiary/aromatic N) is 2. The number of amides is 3. The molecule has 1 fully saturated rings. The zero-order valence-corrected chi connectivity index (χ0v) is 22.8. The quantitative estimate of drug-likeness (QED) is 0.134. The fraction of sp³-hybridized carbons (Fsp3) is 0.0417. The van der Waals surface area contributed by atoms with Gasteiger partial charge in [-0.05, 0) is 67.2 Å². The largest absolute Gasteiger partial charge is 0.338 e. The molecule has 3 amide bonds. The van der Waals surface area contributed by atoms with E-state index in [1.165, 1.54) is 36.0 Å². The summed E-state index contributed by atoms with van der Waals surface area (Å²) in [7, 11) is 0. The first-order chi connectivity index (χ1) is 17.6. The van der Waals surface area contributed by atoms with Crippen molar-refractivity contribution in [2.24, 2.45) is 0 Å². The molecule has 0 saturated carbocycles. The molecule has 0 aromatic heterocycles. The summed E-state index contributed by atoms with van der Waals surface area (Å²) in [6.07, 6.45) is 1.49. The van der Waals surface area contributed by atoms with Crippen molar-refractivity contribution >= 4 is 92.7 Å². The SMILES string of the molecule is Cc1ccc(Sc2ccc(/C=C3\SC(=S)N(NC(=O)Nc4ccc(Cl)c(Cl)c4)C3=O)cc2[N+](=O)[O-])cc1. The second-order valence-corrected chi connectivity index (χ2v) is 11.2. The highest BCUT2D eigenvalue weighted by Crippen LogP contribution is 2.37.